The van der Waals surface area contributed by atoms with Crippen molar-refractivity contribution < 1.29 is 13.2 Å². The molecule has 0 saturated heterocycles. The van der Waals surface area contributed by atoms with Gasteiger partial charge in [-0.2, -0.15) is 4.31 Å². The van der Waals surface area contributed by atoms with Crippen LogP contribution in [0.2, 0.25) is 0 Å². The Morgan fingerprint density at radius 3 is 2.78 bits per heavy atom. The molecule has 0 aliphatic carbocycles. The van der Waals surface area contributed by atoms with Gasteiger partial charge in [0, 0.05) is 25.7 Å². The van der Waals surface area contributed by atoms with Gasteiger partial charge in [-0.3, -0.25) is 4.98 Å². The number of methoxy groups -OCH3 is 1. The third-order valence-corrected chi connectivity index (χ3v) is 4.57. The van der Waals surface area contributed by atoms with Gasteiger partial charge in [0.05, 0.1) is 24.6 Å². The average Bonchev–Trinajstić information content (AvgIpc) is 2.35. The van der Waals surface area contributed by atoms with Crippen LogP contribution in [0, 0.1) is 0 Å². The molecule has 0 saturated carbocycles. The molecule has 0 unspecified atom stereocenters. The quantitative estimate of drug-likeness (QED) is 0.673. The van der Waals surface area contributed by atoms with Crippen LogP contribution in [0.1, 0.15) is 5.69 Å². The van der Waals surface area contributed by atoms with Crippen molar-refractivity contribution in [3.05, 3.63) is 30.1 Å². The van der Waals surface area contributed by atoms with E-state index in [1.54, 1.807) is 18.3 Å². The summed E-state index contributed by atoms with van der Waals surface area (Å²) in [6, 6.07) is 5.40. The third kappa shape index (κ3) is 4.89. The van der Waals surface area contributed by atoms with E-state index in [-0.39, 0.29) is 18.2 Å². The molecule has 0 spiro atoms. The number of hydrogen-bond donors (Lipinski definition) is 0. The van der Waals surface area contributed by atoms with Crippen LogP contribution in [0.4, 0.5) is 0 Å². The number of halogens is 1. The van der Waals surface area contributed by atoms with Crippen molar-refractivity contribution in [2.24, 2.45) is 0 Å². The molecule has 1 aromatic heterocycles. The zero-order valence-electron chi connectivity index (χ0n) is 10.3. The second-order valence-corrected chi connectivity index (χ2v) is 6.12. The second kappa shape index (κ2) is 7.68. The van der Waals surface area contributed by atoms with Crippen LogP contribution in [-0.2, 0) is 21.3 Å². The number of aromatic nitrogens is 1. The van der Waals surface area contributed by atoms with E-state index < -0.39 is 10.0 Å². The molecule has 1 aromatic rings. The van der Waals surface area contributed by atoms with E-state index in [1.165, 1.54) is 11.4 Å². The van der Waals surface area contributed by atoms with Crippen molar-refractivity contribution in [3.8, 4) is 0 Å². The van der Waals surface area contributed by atoms with E-state index in [4.69, 9.17) is 16.3 Å². The minimum atomic E-state index is -3.36. The number of sulfonamides is 1. The Morgan fingerprint density at radius 2 is 2.22 bits per heavy atom. The Balaban J connectivity index is 2.78. The van der Waals surface area contributed by atoms with Gasteiger partial charge in [0.25, 0.3) is 0 Å². The lowest BCUT2D eigenvalue weighted by molar-refractivity contribution is 0.177. The predicted octanol–water partition coefficient (Wildman–Crippen LogP) is 1.10. The molecule has 7 heteroatoms. The highest BCUT2D eigenvalue weighted by atomic mass is 35.5. The maximum atomic E-state index is 12.0. The molecule has 102 valence electrons. The topological polar surface area (TPSA) is 59.5 Å². The number of hydrogen-bond acceptors (Lipinski definition) is 4. The zero-order valence-corrected chi connectivity index (χ0v) is 11.8. The van der Waals surface area contributed by atoms with Crippen LogP contribution in [0.15, 0.2) is 24.4 Å². The number of ether oxygens (including phenoxy) is 1. The minimum Gasteiger partial charge on any atom is -0.383 e. The molecule has 0 aliphatic rings. The van der Waals surface area contributed by atoms with Gasteiger partial charge in [0.1, 0.15) is 0 Å². The van der Waals surface area contributed by atoms with Gasteiger partial charge < -0.3 is 4.74 Å². The summed E-state index contributed by atoms with van der Waals surface area (Å²) < 4.78 is 30.3. The Morgan fingerprint density at radius 1 is 1.44 bits per heavy atom. The monoisotopic (exact) mass is 292 g/mol. The Bertz CT molecular complexity index is 439. The summed E-state index contributed by atoms with van der Waals surface area (Å²) in [5.41, 5.74) is 0.701. The second-order valence-electron chi connectivity index (χ2n) is 3.65. The van der Waals surface area contributed by atoms with E-state index in [9.17, 15) is 8.42 Å². The van der Waals surface area contributed by atoms with Crippen LogP contribution in [-0.4, -0.2) is 49.6 Å². The molecule has 0 aliphatic heterocycles. The van der Waals surface area contributed by atoms with Gasteiger partial charge in [-0.15, -0.1) is 11.6 Å². The van der Waals surface area contributed by atoms with E-state index in [1.807, 2.05) is 6.07 Å². The lowest BCUT2D eigenvalue weighted by atomic mass is 10.3. The summed E-state index contributed by atoms with van der Waals surface area (Å²) in [5.74, 6) is -0.000856. The Hall–Kier alpha value is -0.690. The fraction of sp³-hybridized carbons (Fsp3) is 0.545. The summed E-state index contributed by atoms with van der Waals surface area (Å²) in [7, 11) is -1.83. The van der Waals surface area contributed by atoms with Crippen molar-refractivity contribution in [2.75, 3.05) is 31.9 Å². The van der Waals surface area contributed by atoms with Crippen LogP contribution < -0.4 is 0 Å². The fourth-order valence-corrected chi connectivity index (χ4v) is 3.13. The Labute approximate surface area is 113 Å². The van der Waals surface area contributed by atoms with E-state index >= 15 is 0 Å². The molecule has 1 heterocycles. The predicted molar refractivity (Wildman–Crippen MR) is 71.0 cm³/mol. The number of alkyl halides is 1. The van der Waals surface area contributed by atoms with Crippen LogP contribution in [0.3, 0.4) is 0 Å². The maximum Gasteiger partial charge on any atom is 0.215 e. The van der Waals surface area contributed by atoms with Gasteiger partial charge in [-0.05, 0) is 12.1 Å². The zero-order chi connectivity index (χ0) is 13.4. The van der Waals surface area contributed by atoms with Gasteiger partial charge in [-0.1, -0.05) is 6.07 Å². The lowest BCUT2D eigenvalue weighted by Crippen LogP contribution is -2.35. The summed E-state index contributed by atoms with van der Waals surface area (Å²) >= 11 is 5.51. The molecule has 0 radical (unpaired) electrons. The summed E-state index contributed by atoms with van der Waals surface area (Å²) in [5, 5.41) is 0. The smallest absolute Gasteiger partial charge is 0.215 e. The fourth-order valence-electron chi connectivity index (χ4n) is 1.41. The van der Waals surface area contributed by atoms with E-state index in [2.05, 4.69) is 4.98 Å². The first-order chi connectivity index (χ1) is 8.60. The average molecular weight is 293 g/mol. The molecule has 5 nitrogen and oxygen atoms in total. The molecular weight excluding hydrogens is 276 g/mol. The van der Waals surface area contributed by atoms with Crippen LogP contribution >= 0.6 is 11.6 Å². The largest absolute Gasteiger partial charge is 0.383 e. The van der Waals surface area contributed by atoms with Gasteiger partial charge >= 0.3 is 0 Å². The normalized spacial score (nSPS) is 11.9. The summed E-state index contributed by atoms with van der Waals surface area (Å²) in [4.78, 5) is 4.12. The molecule has 0 atom stereocenters. The first kappa shape index (κ1) is 15.4. The third-order valence-electron chi connectivity index (χ3n) is 2.34. The first-order valence-electron chi connectivity index (χ1n) is 5.53. The van der Waals surface area contributed by atoms with Gasteiger partial charge in [0.2, 0.25) is 10.0 Å². The van der Waals surface area contributed by atoms with Crippen molar-refractivity contribution in [1.29, 1.82) is 0 Å². The number of pyridine rings is 1. The van der Waals surface area contributed by atoms with Crippen molar-refractivity contribution >= 4 is 21.6 Å². The molecule has 0 amide bonds. The number of nitrogens with zero attached hydrogens (tertiary/aromatic N) is 2. The Kier molecular flexibility index (Phi) is 6.56. The molecule has 18 heavy (non-hydrogen) atoms. The highest BCUT2D eigenvalue weighted by Crippen LogP contribution is 2.08. The van der Waals surface area contributed by atoms with Gasteiger partial charge in [-0.25, -0.2) is 8.42 Å². The minimum absolute atomic E-state index is 0.0774. The highest BCUT2D eigenvalue weighted by molar-refractivity contribution is 7.89. The molecule has 0 bridgehead atoms. The molecule has 0 aromatic carbocycles. The molecule has 1 rings (SSSR count). The van der Waals surface area contributed by atoms with E-state index in [0.717, 1.165) is 0 Å². The van der Waals surface area contributed by atoms with E-state index in [0.29, 0.717) is 18.8 Å². The molecular formula is C11H17ClN2O3S. The SMILES string of the molecule is COCCN(Cc1ccccn1)S(=O)(=O)CCCl. The van der Waals surface area contributed by atoms with Crippen molar-refractivity contribution in [1.82, 2.24) is 9.29 Å². The maximum absolute atomic E-state index is 12.0. The highest BCUT2D eigenvalue weighted by Gasteiger charge is 2.21. The van der Waals surface area contributed by atoms with Crippen molar-refractivity contribution in [3.63, 3.8) is 0 Å². The van der Waals surface area contributed by atoms with Crippen molar-refractivity contribution in [2.45, 2.75) is 6.54 Å². The first-order valence-corrected chi connectivity index (χ1v) is 7.67. The lowest BCUT2D eigenvalue weighted by Gasteiger charge is -2.20. The summed E-state index contributed by atoms with van der Waals surface area (Å²) in [6.45, 7) is 0.879. The molecule has 0 N–H and O–H groups in total. The standard InChI is InChI=1S/C11H17ClN2O3S/c1-17-8-7-14(18(15,16)9-5-12)10-11-4-2-3-6-13-11/h2-4,6H,5,7-10H2,1H3. The molecule has 0 fully saturated rings. The van der Waals surface area contributed by atoms with Crippen LogP contribution in [0.25, 0.3) is 0 Å². The summed E-state index contributed by atoms with van der Waals surface area (Å²) in [6.07, 6.45) is 1.64. The number of rotatable bonds is 8. The van der Waals surface area contributed by atoms with Crippen LogP contribution in [0.5, 0.6) is 0 Å². The van der Waals surface area contributed by atoms with Gasteiger partial charge in [0.15, 0.2) is 0 Å².